The van der Waals surface area contributed by atoms with Crippen molar-refractivity contribution in [2.75, 3.05) is 19.5 Å². The molecule has 6 nitrogen and oxygen atoms in total. The van der Waals surface area contributed by atoms with Crippen molar-refractivity contribution in [2.24, 2.45) is 16.8 Å². The van der Waals surface area contributed by atoms with Gasteiger partial charge >= 0.3 is 0 Å². The first-order valence-electron chi connectivity index (χ1n) is 9.15. The molecule has 1 aliphatic rings. The summed E-state index contributed by atoms with van der Waals surface area (Å²) in [7, 11) is 3.58. The summed E-state index contributed by atoms with van der Waals surface area (Å²) < 4.78 is 5.14. The third-order valence-corrected chi connectivity index (χ3v) is 5.76. The molecule has 0 saturated heterocycles. The molecule has 2 unspecified atom stereocenters. The van der Waals surface area contributed by atoms with Gasteiger partial charge in [0, 0.05) is 37.1 Å². The Labute approximate surface area is 171 Å². The van der Waals surface area contributed by atoms with Gasteiger partial charge in [0.05, 0.1) is 23.9 Å². The largest absolute Gasteiger partial charge is 0.481 e. The number of aliphatic imine (C=N–C) groups is 1. The highest BCUT2D eigenvalue weighted by molar-refractivity contribution is 8.06. The summed E-state index contributed by atoms with van der Waals surface area (Å²) in [4.78, 5) is 23.0. The van der Waals surface area contributed by atoms with Crippen molar-refractivity contribution in [3.63, 3.8) is 0 Å². The molecule has 1 aromatic rings. The molecule has 1 aromatic heterocycles. The maximum atomic E-state index is 11.6. The Kier molecular flexibility index (Phi) is 8.32. The van der Waals surface area contributed by atoms with Gasteiger partial charge in [0.15, 0.2) is 6.29 Å². The van der Waals surface area contributed by atoms with Crippen LogP contribution in [0.3, 0.4) is 0 Å². The Morgan fingerprint density at radius 3 is 2.79 bits per heavy atom. The fourth-order valence-electron chi connectivity index (χ4n) is 2.90. The third-order valence-electron chi connectivity index (χ3n) is 4.71. The number of pyridine rings is 1. The SMILES string of the molecule is C/C=C\S/C(C=O)=C(\C)N(C)C(Nc1ccc(OC)nc1)C1C=NC=C[C@@H]1C. The van der Waals surface area contributed by atoms with Gasteiger partial charge in [-0.25, -0.2) is 4.98 Å². The lowest BCUT2D eigenvalue weighted by Crippen LogP contribution is -2.46. The van der Waals surface area contributed by atoms with Crippen molar-refractivity contribution < 1.29 is 9.53 Å². The molecule has 2 heterocycles. The van der Waals surface area contributed by atoms with Crippen LogP contribution in [0.2, 0.25) is 0 Å². The van der Waals surface area contributed by atoms with Crippen LogP contribution in [-0.4, -0.2) is 42.7 Å². The van der Waals surface area contributed by atoms with Crippen molar-refractivity contribution >= 4 is 30.0 Å². The number of aromatic nitrogens is 1. The number of rotatable bonds is 9. The van der Waals surface area contributed by atoms with E-state index in [0.29, 0.717) is 16.7 Å². The lowest BCUT2D eigenvalue weighted by Gasteiger charge is -2.39. The van der Waals surface area contributed by atoms with Crippen LogP contribution in [0.25, 0.3) is 0 Å². The fraction of sp³-hybridized carbons (Fsp3) is 0.381. The molecule has 0 aliphatic carbocycles. The number of thioether (sulfide) groups is 1. The molecule has 0 radical (unpaired) electrons. The van der Waals surface area contributed by atoms with Crippen LogP contribution in [-0.2, 0) is 4.79 Å². The van der Waals surface area contributed by atoms with Crippen LogP contribution < -0.4 is 10.1 Å². The van der Waals surface area contributed by atoms with Crippen LogP contribution in [0.15, 0.2) is 57.7 Å². The second-order valence-electron chi connectivity index (χ2n) is 6.52. The van der Waals surface area contributed by atoms with Gasteiger partial charge in [0.2, 0.25) is 5.88 Å². The number of aldehydes is 1. The predicted octanol–water partition coefficient (Wildman–Crippen LogP) is 4.31. The quantitative estimate of drug-likeness (QED) is 0.379. The molecule has 3 atom stereocenters. The van der Waals surface area contributed by atoms with Gasteiger partial charge in [-0.2, -0.15) is 0 Å². The highest BCUT2D eigenvalue weighted by Gasteiger charge is 2.30. The number of hydrogen-bond acceptors (Lipinski definition) is 7. The number of anilines is 1. The summed E-state index contributed by atoms with van der Waals surface area (Å²) in [6.07, 6.45) is 10.3. The van der Waals surface area contributed by atoms with Gasteiger partial charge in [-0.3, -0.25) is 9.79 Å². The molecule has 0 bridgehead atoms. The molecular formula is C21H28N4O2S. The Morgan fingerprint density at radius 2 is 2.21 bits per heavy atom. The topological polar surface area (TPSA) is 66.8 Å². The van der Waals surface area contributed by atoms with Gasteiger partial charge in [0.1, 0.15) is 6.17 Å². The molecule has 0 spiro atoms. The minimum Gasteiger partial charge on any atom is -0.481 e. The Hall–Kier alpha value is -2.54. The molecule has 2 rings (SSSR count). The predicted molar refractivity (Wildman–Crippen MR) is 117 cm³/mol. The summed E-state index contributed by atoms with van der Waals surface area (Å²) >= 11 is 1.42. The summed E-state index contributed by atoms with van der Waals surface area (Å²) in [6.45, 7) is 6.05. The van der Waals surface area contributed by atoms with E-state index in [4.69, 9.17) is 4.74 Å². The number of nitrogens with zero attached hydrogens (tertiary/aromatic N) is 3. The van der Waals surface area contributed by atoms with Crippen LogP contribution in [0.1, 0.15) is 20.8 Å². The standard InChI is InChI=1S/C21H28N4O2S/c1-6-11-28-19(14-26)16(3)25(4)21(18-13-22-10-9-15(18)2)24-17-7-8-20(27-5)23-12-17/h6-15,18,21,24H,1-5H3/b11-6-,19-16+/t15-,18?,21?/m0/s1. The second-order valence-corrected chi connectivity index (χ2v) is 7.47. The van der Waals surface area contributed by atoms with E-state index in [9.17, 15) is 4.79 Å². The van der Waals surface area contributed by atoms with Crippen LogP contribution >= 0.6 is 11.8 Å². The van der Waals surface area contributed by atoms with E-state index in [1.807, 2.05) is 56.9 Å². The zero-order chi connectivity index (χ0) is 20.5. The van der Waals surface area contributed by atoms with Gasteiger partial charge in [0.25, 0.3) is 0 Å². The maximum absolute atomic E-state index is 11.6. The van der Waals surface area contributed by atoms with E-state index >= 15 is 0 Å². The molecule has 7 heteroatoms. The molecular weight excluding hydrogens is 372 g/mol. The number of allylic oxidation sites excluding steroid dienone is 4. The summed E-state index contributed by atoms with van der Waals surface area (Å²) in [5.41, 5.74) is 1.77. The van der Waals surface area contributed by atoms with Crippen molar-refractivity contribution in [3.05, 3.63) is 52.7 Å². The van der Waals surface area contributed by atoms with E-state index in [2.05, 4.69) is 33.2 Å². The van der Waals surface area contributed by atoms with Gasteiger partial charge in [-0.05, 0) is 31.2 Å². The van der Waals surface area contributed by atoms with Crippen molar-refractivity contribution in [2.45, 2.75) is 26.9 Å². The second kappa shape index (κ2) is 10.7. The average Bonchev–Trinajstić information content (AvgIpc) is 2.73. The molecule has 1 N–H and O–H groups in total. The lowest BCUT2D eigenvalue weighted by atomic mass is 9.89. The van der Waals surface area contributed by atoms with E-state index in [0.717, 1.165) is 17.7 Å². The zero-order valence-electron chi connectivity index (χ0n) is 17.0. The normalized spacial score (nSPS) is 20.6. The van der Waals surface area contributed by atoms with Gasteiger partial charge in [-0.15, -0.1) is 0 Å². The Balaban J connectivity index is 2.35. The van der Waals surface area contributed by atoms with Crippen molar-refractivity contribution in [3.8, 4) is 5.88 Å². The number of carbonyl (C=O) groups excluding carboxylic acids is 1. The minimum absolute atomic E-state index is 0.111. The van der Waals surface area contributed by atoms with E-state index in [1.54, 1.807) is 13.3 Å². The molecule has 0 amide bonds. The highest BCUT2D eigenvalue weighted by Crippen LogP contribution is 2.29. The number of methoxy groups -OCH3 is 1. The summed E-state index contributed by atoms with van der Waals surface area (Å²) in [6, 6.07) is 3.75. The van der Waals surface area contributed by atoms with E-state index < -0.39 is 0 Å². The number of ether oxygens (including phenoxy) is 1. The number of nitrogens with one attached hydrogen (secondary N) is 1. The Morgan fingerprint density at radius 1 is 1.43 bits per heavy atom. The maximum Gasteiger partial charge on any atom is 0.213 e. The molecule has 0 saturated carbocycles. The average molecular weight is 401 g/mol. The third kappa shape index (κ3) is 5.48. The van der Waals surface area contributed by atoms with E-state index in [1.165, 1.54) is 11.8 Å². The molecule has 0 fully saturated rings. The first kappa shape index (κ1) is 21.8. The number of carbonyl (C=O) groups is 1. The molecule has 1 aliphatic heterocycles. The van der Waals surface area contributed by atoms with Crippen molar-refractivity contribution in [1.82, 2.24) is 9.88 Å². The fourth-order valence-corrected chi connectivity index (χ4v) is 3.55. The number of hydrogen-bond donors (Lipinski definition) is 1. The summed E-state index contributed by atoms with van der Waals surface area (Å²) in [5, 5.41) is 5.46. The zero-order valence-corrected chi connectivity index (χ0v) is 17.8. The lowest BCUT2D eigenvalue weighted by molar-refractivity contribution is -0.104. The molecule has 28 heavy (non-hydrogen) atoms. The van der Waals surface area contributed by atoms with Gasteiger partial charge in [-0.1, -0.05) is 30.8 Å². The highest BCUT2D eigenvalue weighted by atomic mass is 32.2. The minimum atomic E-state index is -0.111. The van der Waals surface area contributed by atoms with Gasteiger partial charge < -0.3 is 15.0 Å². The first-order chi connectivity index (χ1) is 13.5. The smallest absolute Gasteiger partial charge is 0.213 e. The first-order valence-corrected chi connectivity index (χ1v) is 10.0. The Bertz CT molecular complexity index is 771. The van der Waals surface area contributed by atoms with E-state index in [-0.39, 0.29) is 12.1 Å². The monoisotopic (exact) mass is 400 g/mol. The van der Waals surface area contributed by atoms with Crippen LogP contribution in [0, 0.1) is 11.8 Å². The van der Waals surface area contributed by atoms with Crippen LogP contribution in [0.5, 0.6) is 5.88 Å². The van der Waals surface area contributed by atoms with Crippen molar-refractivity contribution in [1.29, 1.82) is 0 Å². The van der Waals surface area contributed by atoms with Crippen LogP contribution in [0.4, 0.5) is 5.69 Å². The summed E-state index contributed by atoms with van der Waals surface area (Å²) in [5.74, 6) is 0.971. The molecule has 0 aromatic carbocycles. The molecule has 150 valence electrons.